The van der Waals surface area contributed by atoms with Gasteiger partial charge in [0.2, 0.25) is 0 Å². The quantitative estimate of drug-likeness (QED) is 0.850. The molecule has 2 N–H and O–H groups in total. The number of urea groups is 1. The number of carbonyl (C=O) groups is 2. The lowest BCUT2D eigenvalue weighted by Crippen LogP contribution is -2.44. The Morgan fingerprint density at radius 1 is 1.32 bits per heavy atom. The lowest BCUT2D eigenvalue weighted by atomic mass is 10.3. The molecule has 0 heterocycles. The van der Waals surface area contributed by atoms with E-state index in [9.17, 15) is 14.7 Å². The van der Waals surface area contributed by atoms with E-state index in [1.54, 1.807) is 19.2 Å². The van der Waals surface area contributed by atoms with Crippen LogP contribution in [0, 0.1) is 0 Å². The average Bonchev–Trinajstić information content (AvgIpc) is 2.36. The predicted octanol–water partition coefficient (Wildman–Crippen LogP) is 1.74. The maximum atomic E-state index is 12.2. The molecule has 104 valence electrons. The van der Waals surface area contributed by atoms with Gasteiger partial charge in [0.1, 0.15) is 12.3 Å². The number of phenols is 1. The van der Waals surface area contributed by atoms with Gasteiger partial charge in [-0.05, 0) is 18.6 Å². The number of phenolic OH excluding ortho intramolecular Hbond substituents is 1. The van der Waals surface area contributed by atoms with Crippen molar-refractivity contribution in [3.63, 3.8) is 0 Å². The van der Waals surface area contributed by atoms with Gasteiger partial charge in [0.15, 0.2) is 0 Å². The first-order chi connectivity index (χ1) is 8.95. The first-order valence-electron chi connectivity index (χ1n) is 5.99. The summed E-state index contributed by atoms with van der Waals surface area (Å²) >= 11 is 0. The van der Waals surface area contributed by atoms with Gasteiger partial charge in [-0.25, -0.2) is 4.79 Å². The molecule has 0 aliphatic carbocycles. The Morgan fingerprint density at radius 3 is 2.53 bits per heavy atom. The zero-order chi connectivity index (χ0) is 14.4. The molecule has 0 saturated heterocycles. The number of amides is 2. The van der Waals surface area contributed by atoms with Crippen molar-refractivity contribution in [2.24, 2.45) is 0 Å². The van der Waals surface area contributed by atoms with Crippen LogP contribution in [0.4, 0.5) is 10.5 Å². The number of hydrogen-bond donors (Lipinski definition) is 2. The molecule has 0 fully saturated rings. The van der Waals surface area contributed by atoms with Crippen LogP contribution >= 0.6 is 0 Å². The minimum atomic E-state index is -1.05. The molecule has 0 bridgehead atoms. The second-order valence-corrected chi connectivity index (χ2v) is 4.18. The Labute approximate surface area is 111 Å². The Morgan fingerprint density at radius 2 is 2.00 bits per heavy atom. The largest absolute Gasteiger partial charge is 0.508 e. The highest BCUT2D eigenvalue weighted by atomic mass is 16.4. The van der Waals surface area contributed by atoms with Gasteiger partial charge in [0.05, 0.1) is 0 Å². The monoisotopic (exact) mass is 266 g/mol. The fourth-order valence-corrected chi connectivity index (χ4v) is 1.70. The average molecular weight is 266 g/mol. The zero-order valence-corrected chi connectivity index (χ0v) is 11.0. The minimum absolute atomic E-state index is 0.0532. The van der Waals surface area contributed by atoms with E-state index in [1.807, 2.05) is 6.92 Å². The number of hydrogen-bond acceptors (Lipinski definition) is 3. The van der Waals surface area contributed by atoms with Crippen LogP contribution < -0.4 is 4.90 Å². The molecule has 0 atom stereocenters. The van der Waals surface area contributed by atoms with Gasteiger partial charge in [-0.1, -0.05) is 13.0 Å². The Bertz CT molecular complexity index is 462. The molecule has 0 unspecified atom stereocenters. The first-order valence-corrected chi connectivity index (χ1v) is 5.99. The molecule has 0 radical (unpaired) electrons. The zero-order valence-electron chi connectivity index (χ0n) is 11.0. The van der Waals surface area contributed by atoms with E-state index in [2.05, 4.69) is 0 Å². The number of carboxylic acid groups (broad SMARTS) is 1. The number of aromatic hydroxyl groups is 1. The summed E-state index contributed by atoms with van der Waals surface area (Å²) in [6, 6.07) is 5.83. The molecule has 2 amide bonds. The number of carboxylic acids is 1. The SMILES string of the molecule is CCCN(CC(=O)O)C(=O)N(C)c1cccc(O)c1. The maximum absolute atomic E-state index is 12.2. The number of nitrogens with zero attached hydrogens (tertiary/aromatic N) is 2. The number of aliphatic carboxylic acids is 1. The molecular weight excluding hydrogens is 248 g/mol. The molecule has 0 saturated carbocycles. The third-order valence-electron chi connectivity index (χ3n) is 2.59. The summed E-state index contributed by atoms with van der Waals surface area (Å²) in [4.78, 5) is 25.5. The van der Waals surface area contributed by atoms with Gasteiger partial charge in [-0.15, -0.1) is 0 Å². The molecule has 0 aliphatic rings. The van der Waals surface area contributed by atoms with E-state index in [0.29, 0.717) is 18.7 Å². The van der Waals surface area contributed by atoms with E-state index in [0.717, 1.165) is 0 Å². The summed E-state index contributed by atoms with van der Waals surface area (Å²) in [5.41, 5.74) is 0.511. The minimum Gasteiger partial charge on any atom is -0.508 e. The topological polar surface area (TPSA) is 81.1 Å². The van der Waals surface area contributed by atoms with E-state index in [4.69, 9.17) is 5.11 Å². The van der Waals surface area contributed by atoms with Crippen molar-refractivity contribution in [3.8, 4) is 5.75 Å². The first kappa shape index (κ1) is 14.8. The molecule has 0 aliphatic heterocycles. The van der Waals surface area contributed by atoms with Gasteiger partial charge < -0.3 is 15.1 Å². The van der Waals surface area contributed by atoms with Gasteiger partial charge in [0.25, 0.3) is 0 Å². The van der Waals surface area contributed by atoms with E-state index >= 15 is 0 Å². The normalized spacial score (nSPS) is 10.0. The van der Waals surface area contributed by atoms with Crippen LogP contribution in [0.3, 0.4) is 0 Å². The summed E-state index contributed by atoms with van der Waals surface area (Å²) in [7, 11) is 1.54. The molecular formula is C13H18N2O4. The molecule has 0 aromatic heterocycles. The lowest BCUT2D eigenvalue weighted by molar-refractivity contribution is -0.137. The highest BCUT2D eigenvalue weighted by molar-refractivity contribution is 5.93. The van der Waals surface area contributed by atoms with E-state index < -0.39 is 12.0 Å². The molecule has 1 aromatic carbocycles. The standard InChI is InChI=1S/C13H18N2O4/c1-3-7-15(9-12(17)18)13(19)14(2)10-5-4-6-11(16)8-10/h4-6,8,16H,3,7,9H2,1-2H3,(H,17,18). The van der Waals surface area contributed by atoms with Crippen LogP contribution in [0.2, 0.25) is 0 Å². The molecule has 0 spiro atoms. The summed E-state index contributed by atoms with van der Waals surface area (Å²) in [6.45, 7) is 1.90. The second kappa shape index (κ2) is 6.63. The van der Waals surface area contributed by atoms with E-state index in [-0.39, 0.29) is 12.3 Å². The number of benzene rings is 1. The van der Waals surface area contributed by atoms with Crippen molar-refractivity contribution in [1.82, 2.24) is 4.90 Å². The van der Waals surface area contributed by atoms with Crippen LogP contribution in [0.5, 0.6) is 5.75 Å². The van der Waals surface area contributed by atoms with Gasteiger partial charge in [0, 0.05) is 25.3 Å². The summed E-state index contributed by atoms with van der Waals surface area (Å²) in [5, 5.41) is 18.2. The lowest BCUT2D eigenvalue weighted by Gasteiger charge is -2.26. The van der Waals surface area contributed by atoms with Crippen LogP contribution in [0.15, 0.2) is 24.3 Å². The van der Waals surface area contributed by atoms with Crippen molar-refractivity contribution in [3.05, 3.63) is 24.3 Å². The van der Waals surface area contributed by atoms with Gasteiger partial charge >= 0.3 is 12.0 Å². The summed E-state index contributed by atoms with van der Waals surface area (Å²) in [5.74, 6) is -0.997. The van der Waals surface area contributed by atoms with Crippen LogP contribution in [-0.2, 0) is 4.79 Å². The second-order valence-electron chi connectivity index (χ2n) is 4.18. The summed E-state index contributed by atoms with van der Waals surface area (Å²) < 4.78 is 0. The fraction of sp³-hybridized carbons (Fsp3) is 0.385. The molecule has 1 aromatic rings. The van der Waals surface area contributed by atoms with Crippen molar-refractivity contribution in [2.75, 3.05) is 25.0 Å². The Kier molecular flexibility index (Phi) is 5.17. The summed E-state index contributed by atoms with van der Waals surface area (Å²) in [6.07, 6.45) is 0.674. The van der Waals surface area contributed by atoms with Crippen molar-refractivity contribution >= 4 is 17.7 Å². The third-order valence-corrected chi connectivity index (χ3v) is 2.59. The Hall–Kier alpha value is -2.24. The van der Waals surface area contributed by atoms with Crippen LogP contribution in [-0.4, -0.2) is 47.3 Å². The highest BCUT2D eigenvalue weighted by Crippen LogP contribution is 2.19. The Balaban J connectivity index is 2.86. The molecule has 6 nitrogen and oxygen atoms in total. The van der Waals surface area contributed by atoms with Crippen molar-refractivity contribution in [1.29, 1.82) is 0 Å². The van der Waals surface area contributed by atoms with Crippen LogP contribution in [0.1, 0.15) is 13.3 Å². The van der Waals surface area contributed by atoms with E-state index in [1.165, 1.54) is 21.9 Å². The fourth-order valence-electron chi connectivity index (χ4n) is 1.70. The number of carbonyl (C=O) groups excluding carboxylic acids is 1. The number of rotatable bonds is 5. The van der Waals surface area contributed by atoms with Gasteiger partial charge in [-0.3, -0.25) is 9.69 Å². The van der Waals surface area contributed by atoms with Crippen molar-refractivity contribution < 1.29 is 19.8 Å². The third kappa shape index (κ3) is 4.17. The smallest absolute Gasteiger partial charge is 0.324 e. The maximum Gasteiger partial charge on any atom is 0.324 e. The molecule has 19 heavy (non-hydrogen) atoms. The molecule has 6 heteroatoms. The van der Waals surface area contributed by atoms with Crippen molar-refractivity contribution in [2.45, 2.75) is 13.3 Å². The molecule has 1 rings (SSSR count). The van der Waals surface area contributed by atoms with Crippen LogP contribution in [0.25, 0.3) is 0 Å². The van der Waals surface area contributed by atoms with Gasteiger partial charge in [-0.2, -0.15) is 0 Å². The highest BCUT2D eigenvalue weighted by Gasteiger charge is 2.20. The predicted molar refractivity (Wildman–Crippen MR) is 71.4 cm³/mol. The number of anilines is 1.